The lowest BCUT2D eigenvalue weighted by Gasteiger charge is -2.10. The number of carboxylic acids is 1. The highest BCUT2D eigenvalue weighted by molar-refractivity contribution is 5.68. The van der Waals surface area contributed by atoms with Crippen LogP contribution in [0.2, 0.25) is 0 Å². The number of carboxylic acid groups (broad SMARTS) is 1. The Morgan fingerprint density at radius 1 is 1.21 bits per heavy atom. The van der Waals surface area contributed by atoms with Gasteiger partial charge in [0.1, 0.15) is 0 Å². The van der Waals surface area contributed by atoms with Gasteiger partial charge in [-0.1, -0.05) is 30.3 Å². The Labute approximate surface area is 110 Å². The molecule has 0 aliphatic rings. The summed E-state index contributed by atoms with van der Waals surface area (Å²) in [5.74, 6) is -0.0497. The van der Waals surface area contributed by atoms with E-state index in [0.717, 1.165) is 5.56 Å². The van der Waals surface area contributed by atoms with Gasteiger partial charge in [-0.05, 0) is 17.7 Å². The first-order chi connectivity index (χ1) is 9.25. The van der Waals surface area contributed by atoms with Crippen molar-refractivity contribution in [1.82, 2.24) is 4.98 Å². The van der Waals surface area contributed by atoms with E-state index in [-0.39, 0.29) is 6.61 Å². The Bertz CT molecular complexity index is 543. The molecular weight excluding hydrogens is 244 g/mol. The van der Waals surface area contributed by atoms with E-state index in [4.69, 9.17) is 9.84 Å². The number of hydrogen-bond acceptors (Lipinski definition) is 4. The molecule has 5 heteroatoms. The van der Waals surface area contributed by atoms with E-state index in [2.05, 4.69) is 10.3 Å². The van der Waals surface area contributed by atoms with Crippen LogP contribution in [0.25, 0.3) is 0 Å². The van der Waals surface area contributed by atoms with Crippen molar-refractivity contribution in [2.75, 3.05) is 11.9 Å². The third kappa shape index (κ3) is 3.99. The van der Waals surface area contributed by atoms with Crippen LogP contribution in [0.3, 0.4) is 0 Å². The number of hydrogen-bond donors (Lipinski definition) is 2. The van der Waals surface area contributed by atoms with Gasteiger partial charge in [0.05, 0.1) is 0 Å². The van der Waals surface area contributed by atoms with Gasteiger partial charge in [-0.25, -0.2) is 9.78 Å². The number of rotatable bonds is 6. The molecule has 5 nitrogen and oxygen atoms in total. The van der Waals surface area contributed by atoms with E-state index < -0.39 is 5.97 Å². The molecular formula is C14H14N2O3. The quantitative estimate of drug-likeness (QED) is 0.830. The molecule has 0 radical (unpaired) electrons. The van der Waals surface area contributed by atoms with E-state index in [1.165, 1.54) is 0 Å². The smallest absolute Gasteiger partial charge is 0.341 e. The molecule has 98 valence electrons. The molecule has 1 aromatic heterocycles. The number of nitrogens with zero attached hydrogens (tertiary/aromatic N) is 1. The van der Waals surface area contributed by atoms with Gasteiger partial charge in [0.2, 0.25) is 0 Å². The van der Waals surface area contributed by atoms with Crippen LogP contribution >= 0.6 is 0 Å². The molecule has 2 rings (SSSR count). The Balaban J connectivity index is 2.01. The molecule has 0 saturated heterocycles. The number of pyridine rings is 1. The summed E-state index contributed by atoms with van der Waals surface area (Å²) in [6.45, 7) is 0.215. The number of nitrogens with one attached hydrogen (secondary N) is 1. The molecule has 0 unspecified atom stereocenters. The summed E-state index contributed by atoms with van der Waals surface area (Å²) in [6.07, 6.45) is 1.63. The van der Waals surface area contributed by atoms with Gasteiger partial charge in [0.15, 0.2) is 18.2 Å². The summed E-state index contributed by atoms with van der Waals surface area (Å²) in [7, 11) is 0. The van der Waals surface area contributed by atoms with Crippen LogP contribution in [0.5, 0.6) is 5.75 Å². The van der Waals surface area contributed by atoms with Gasteiger partial charge in [0.25, 0.3) is 0 Å². The normalized spacial score (nSPS) is 9.89. The van der Waals surface area contributed by atoms with Gasteiger partial charge in [-0.2, -0.15) is 0 Å². The van der Waals surface area contributed by atoms with Gasteiger partial charge in [-0.3, -0.25) is 0 Å². The fraction of sp³-hybridized carbons (Fsp3) is 0.143. The lowest BCUT2D eigenvalue weighted by atomic mass is 10.2. The molecule has 0 bridgehead atoms. The first kappa shape index (κ1) is 12.9. The summed E-state index contributed by atoms with van der Waals surface area (Å²) >= 11 is 0. The molecule has 1 heterocycles. The van der Waals surface area contributed by atoms with Gasteiger partial charge >= 0.3 is 5.97 Å². The zero-order chi connectivity index (χ0) is 13.5. The van der Waals surface area contributed by atoms with Gasteiger partial charge in [0, 0.05) is 12.7 Å². The predicted molar refractivity (Wildman–Crippen MR) is 71.1 cm³/mol. The number of aromatic nitrogens is 1. The Morgan fingerprint density at radius 3 is 2.74 bits per heavy atom. The zero-order valence-corrected chi connectivity index (χ0v) is 10.2. The van der Waals surface area contributed by atoms with Crippen molar-refractivity contribution in [2.24, 2.45) is 0 Å². The van der Waals surface area contributed by atoms with Crippen molar-refractivity contribution in [3.05, 3.63) is 54.2 Å². The molecule has 0 fully saturated rings. The Morgan fingerprint density at radius 2 is 2.00 bits per heavy atom. The summed E-state index contributed by atoms with van der Waals surface area (Å²) < 4.78 is 5.16. The fourth-order valence-corrected chi connectivity index (χ4v) is 1.56. The second kappa shape index (κ2) is 6.39. The van der Waals surface area contributed by atoms with E-state index in [0.29, 0.717) is 18.1 Å². The third-order valence-electron chi connectivity index (χ3n) is 2.42. The fourth-order valence-electron chi connectivity index (χ4n) is 1.56. The van der Waals surface area contributed by atoms with Gasteiger partial charge in [-0.15, -0.1) is 0 Å². The molecule has 0 saturated carbocycles. The molecule has 0 atom stereocenters. The van der Waals surface area contributed by atoms with E-state index in [9.17, 15) is 4.79 Å². The highest BCUT2D eigenvalue weighted by Crippen LogP contribution is 2.21. The molecule has 1 aromatic carbocycles. The second-order valence-corrected chi connectivity index (χ2v) is 3.87. The van der Waals surface area contributed by atoms with Crippen molar-refractivity contribution in [2.45, 2.75) is 6.54 Å². The molecule has 0 amide bonds. The number of anilines is 1. The highest BCUT2D eigenvalue weighted by Gasteiger charge is 2.06. The number of benzene rings is 1. The molecule has 2 aromatic rings. The van der Waals surface area contributed by atoms with Crippen molar-refractivity contribution in [1.29, 1.82) is 0 Å². The summed E-state index contributed by atoms with van der Waals surface area (Å²) in [5.41, 5.74) is 1.11. The second-order valence-electron chi connectivity index (χ2n) is 3.87. The maximum atomic E-state index is 10.5. The molecule has 19 heavy (non-hydrogen) atoms. The zero-order valence-electron chi connectivity index (χ0n) is 10.2. The van der Waals surface area contributed by atoms with Crippen molar-refractivity contribution in [3.8, 4) is 5.75 Å². The monoisotopic (exact) mass is 258 g/mol. The van der Waals surface area contributed by atoms with E-state index >= 15 is 0 Å². The molecule has 0 aliphatic heterocycles. The topological polar surface area (TPSA) is 71.5 Å². The minimum Gasteiger partial charge on any atom is -0.479 e. The maximum absolute atomic E-state index is 10.5. The average Bonchev–Trinajstić information content (AvgIpc) is 2.45. The lowest BCUT2D eigenvalue weighted by molar-refractivity contribution is -0.139. The van der Waals surface area contributed by atoms with Crippen LogP contribution in [-0.4, -0.2) is 22.7 Å². The van der Waals surface area contributed by atoms with Gasteiger partial charge < -0.3 is 15.2 Å². The average molecular weight is 258 g/mol. The number of ether oxygens (including phenoxy) is 1. The van der Waals surface area contributed by atoms with Crippen molar-refractivity contribution in [3.63, 3.8) is 0 Å². The van der Waals surface area contributed by atoms with Crippen LogP contribution < -0.4 is 10.1 Å². The lowest BCUT2D eigenvalue weighted by Crippen LogP contribution is -2.11. The summed E-state index contributed by atoms with van der Waals surface area (Å²) in [6, 6.07) is 13.2. The van der Waals surface area contributed by atoms with Crippen molar-refractivity contribution < 1.29 is 14.6 Å². The first-order valence-electron chi connectivity index (χ1n) is 5.83. The molecule has 2 N–H and O–H groups in total. The minimum absolute atomic E-state index is 0.383. The summed E-state index contributed by atoms with van der Waals surface area (Å²) in [4.78, 5) is 14.6. The van der Waals surface area contributed by atoms with Crippen molar-refractivity contribution >= 4 is 11.8 Å². The SMILES string of the molecule is O=C(O)COc1cccnc1NCc1ccccc1. The third-order valence-corrected chi connectivity index (χ3v) is 2.42. The van der Waals surface area contributed by atoms with Crippen LogP contribution in [0, 0.1) is 0 Å². The number of carbonyl (C=O) groups is 1. The van der Waals surface area contributed by atoms with E-state index in [1.807, 2.05) is 30.3 Å². The predicted octanol–water partition coefficient (Wildman–Crippen LogP) is 2.16. The van der Waals surface area contributed by atoms with E-state index in [1.54, 1.807) is 18.3 Å². The van der Waals surface area contributed by atoms with Crippen LogP contribution in [-0.2, 0) is 11.3 Å². The summed E-state index contributed by atoms with van der Waals surface area (Å²) in [5, 5.41) is 11.7. The van der Waals surface area contributed by atoms with Crippen LogP contribution in [0.1, 0.15) is 5.56 Å². The standard InChI is InChI=1S/C14H14N2O3/c17-13(18)10-19-12-7-4-8-15-14(12)16-9-11-5-2-1-3-6-11/h1-8H,9-10H2,(H,15,16)(H,17,18). The largest absolute Gasteiger partial charge is 0.479 e. The first-order valence-corrected chi connectivity index (χ1v) is 5.83. The molecule has 0 spiro atoms. The highest BCUT2D eigenvalue weighted by atomic mass is 16.5. The Kier molecular flexibility index (Phi) is 4.34. The Hall–Kier alpha value is -2.56. The maximum Gasteiger partial charge on any atom is 0.341 e. The minimum atomic E-state index is -1.02. The molecule has 0 aliphatic carbocycles. The van der Waals surface area contributed by atoms with Crippen LogP contribution in [0.15, 0.2) is 48.7 Å². The number of aliphatic carboxylic acids is 1. The van der Waals surface area contributed by atoms with Crippen LogP contribution in [0.4, 0.5) is 5.82 Å².